The van der Waals surface area contributed by atoms with Crippen LogP contribution in [0.1, 0.15) is 24.9 Å². The van der Waals surface area contributed by atoms with E-state index in [1.54, 1.807) is 31.2 Å². The highest BCUT2D eigenvalue weighted by Crippen LogP contribution is 2.14. The number of carboxylic acids is 1. The van der Waals surface area contributed by atoms with Crippen molar-refractivity contribution in [2.75, 3.05) is 0 Å². The standard InChI is InChI=1S/C20H20N4O4/c1-2-15(20(27)28)21-18(25)17(12-13-8-4-3-5-9-13)24-19(26)14-10-6-7-11-16(14)22-23-24/h3-11,15,17H,2,12H2,1H3,(H,21,25)(H,27,28). The van der Waals surface area contributed by atoms with Crippen LogP contribution in [0.25, 0.3) is 10.9 Å². The molecule has 8 heteroatoms. The molecule has 0 aliphatic heterocycles. The van der Waals surface area contributed by atoms with Crippen molar-refractivity contribution in [3.63, 3.8) is 0 Å². The van der Waals surface area contributed by atoms with Crippen molar-refractivity contribution in [1.82, 2.24) is 20.3 Å². The summed E-state index contributed by atoms with van der Waals surface area (Å²) in [6.45, 7) is 1.66. The first-order valence-electron chi connectivity index (χ1n) is 8.92. The fourth-order valence-electron chi connectivity index (χ4n) is 2.94. The molecule has 2 aromatic carbocycles. The zero-order valence-corrected chi connectivity index (χ0v) is 15.3. The molecule has 0 radical (unpaired) electrons. The topological polar surface area (TPSA) is 114 Å². The van der Waals surface area contributed by atoms with Gasteiger partial charge in [-0.3, -0.25) is 9.59 Å². The summed E-state index contributed by atoms with van der Waals surface area (Å²) in [6, 6.07) is 13.8. The fraction of sp³-hybridized carbons (Fsp3) is 0.250. The van der Waals surface area contributed by atoms with Gasteiger partial charge >= 0.3 is 5.97 Å². The highest BCUT2D eigenvalue weighted by Gasteiger charge is 2.28. The molecule has 0 aliphatic rings. The Hall–Kier alpha value is -3.55. The summed E-state index contributed by atoms with van der Waals surface area (Å²) < 4.78 is 1.03. The maximum atomic E-state index is 12.9. The van der Waals surface area contributed by atoms with Gasteiger partial charge in [-0.1, -0.05) is 54.6 Å². The predicted molar refractivity (Wildman–Crippen MR) is 103 cm³/mol. The van der Waals surface area contributed by atoms with Crippen LogP contribution in [-0.4, -0.2) is 38.0 Å². The van der Waals surface area contributed by atoms with E-state index in [4.69, 9.17) is 0 Å². The molecule has 0 bridgehead atoms. The second kappa shape index (κ2) is 8.43. The highest BCUT2D eigenvalue weighted by atomic mass is 16.4. The van der Waals surface area contributed by atoms with E-state index >= 15 is 0 Å². The van der Waals surface area contributed by atoms with E-state index in [-0.39, 0.29) is 12.8 Å². The molecule has 0 saturated heterocycles. The maximum absolute atomic E-state index is 12.9. The van der Waals surface area contributed by atoms with Gasteiger partial charge in [-0.05, 0) is 24.1 Å². The van der Waals surface area contributed by atoms with E-state index in [1.165, 1.54) is 0 Å². The van der Waals surface area contributed by atoms with E-state index < -0.39 is 29.5 Å². The van der Waals surface area contributed by atoms with E-state index in [1.807, 2.05) is 30.3 Å². The lowest BCUT2D eigenvalue weighted by Crippen LogP contribution is -2.46. The van der Waals surface area contributed by atoms with E-state index in [0.717, 1.165) is 10.2 Å². The number of benzene rings is 2. The molecule has 3 aromatic rings. The van der Waals surface area contributed by atoms with Gasteiger partial charge in [0.25, 0.3) is 5.56 Å². The summed E-state index contributed by atoms with van der Waals surface area (Å²) in [7, 11) is 0. The minimum Gasteiger partial charge on any atom is -0.480 e. The van der Waals surface area contributed by atoms with Crippen molar-refractivity contribution in [2.24, 2.45) is 0 Å². The van der Waals surface area contributed by atoms with Gasteiger partial charge < -0.3 is 10.4 Å². The molecular weight excluding hydrogens is 360 g/mol. The van der Waals surface area contributed by atoms with Crippen LogP contribution in [0.15, 0.2) is 59.4 Å². The lowest BCUT2D eigenvalue weighted by Gasteiger charge is -2.20. The minimum absolute atomic E-state index is 0.176. The third-order valence-corrected chi connectivity index (χ3v) is 4.48. The first kappa shape index (κ1) is 19.2. The van der Waals surface area contributed by atoms with Gasteiger partial charge in [0.05, 0.1) is 5.39 Å². The molecule has 144 valence electrons. The highest BCUT2D eigenvalue weighted by molar-refractivity contribution is 5.86. The van der Waals surface area contributed by atoms with Crippen LogP contribution in [0.5, 0.6) is 0 Å². The van der Waals surface area contributed by atoms with Gasteiger partial charge in [0, 0.05) is 6.42 Å². The smallest absolute Gasteiger partial charge is 0.326 e. The largest absolute Gasteiger partial charge is 0.480 e. The van der Waals surface area contributed by atoms with Crippen LogP contribution in [0.3, 0.4) is 0 Å². The molecular formula is C20H20N4O4. The summed E-state index contributed by atoms with van der Waals surface area (Å²) in [4.78, 5) is 37.1. The normalized spacial score (nSPS) is 13.0. The molecule has 8 nitrogen and oxygen atoms in total. The van der Waals surface area contributed by atoms with Crippen LogP contribution < -0.4 is 10.9 Å². The monoisotopic (exact) mass is 380 g/mol. The average molecular weight is 380 g/mol. The zero-order chi connectivity index (χ0) is 20.1. The first-order valence-corrected chi connectivity index (χ1v) is 8.92. The Bertz CT molecular complexity index is 1050. The Morgan fingerprint density at radius 1 is 1.11 bits per heavy atom. The maximum Gasteiger partial charge on any atom is 0.326 e. The molecule has 1 amide bonds. The number of carboxylic acid groups (broad SMARTS) is 1. The van der Waals surface area contributed by atoms with Crippen molar-refractivity contribution in [3.05, 3.63) is 70.5 Å². The fourth-order valence-corrected chi connectivity index (χ4v) is 2.94. The number of nitrogens with one attached hydrogen (secondary N) is 1. The van der Waals surface area contributed by atoms with Crippen molar-refractivity contribution >= 4 is 22.8 Å². The number of hydrogen-bond donors (Lipinski definition) is 2. The minimum atomic E-state index is -1.13. The number of nitrogens with zero attached hydrogens (tertiary/aromatic N) is 3. The van der Waals surface area contributed by atoms with Crippen LogP contribution in [0.4, 0.5) is 0 Å². The van der Waals surface area contributed by atoms with Crippen LogP contribution in [0, 0.1) is 0 Å². The van der Waals surface area contributed by atoms with Crippen molar-refractivity contribution in [3.8, 4) is 0 Å². The van der Waals surface area contributed by atoms with Gasteiger partial charge in [0.2, 0.25) is 5.91 Å². The molecule has 2 atom stereocenters. The number of amides is 1. The number of fused-ring (bicyclic) bond motifs is 1. The molecule has 1 aromatic heterocycles. The summed E-state index contributed by atoms with van der Waals surface area (Å²) in [6.07, 6.45) is 0.396. The van der Waals surface area contributed by atoms with Gasteiger partial charge in [-0.15, -0.1) is 5.10 Å². The summed E-state index contributed by atoms with van der Waals surface area (Å²) in [5.74, 6) is -1.73. The zero-order valence-electron chi connectivity index (χ0n) is 15.3. The third-order valence-electron chi connectivity index (χ3n) is 4.48. The molecule has 2 unspecified atom stereocenters. The lowest BCUT2D eigenvalue weighted by molar-refractivity contribution is -0.142. The third kappa shape index (κ3) is 4.06. The van der Waals surface area contributed by atoms with Gasteiger partial charge in [0.1, 0.15) is 17.6 Å². The Labute approximate surface area is 160 Å². The number of aromatic nitrogens is 3. The number of aliphatic carboxylic acids is 1. The van der Waals surface area contributed by atoms with E-state index in [2.05, 4.69) is 15.6 Å². The molecule has 0 aliphatic carbocycles. The number of rotatable bonds is 7. The van der Waals surface area contributed by atoms with Gasteiger partial charge in [-0.2, -0.15) is 4.68 Å². The first-order chi connectivity index (χ1) is 13.5. The van der Waals surface area contributed by atoms with Crippen molar-refractivity contribution in [2.45, 2.75) is 31.8 Å². The van der Waals surface area contributed by atoms with Crippen LogP contribution in [0.2, 0.25) is 0 Å². The molecule has 28 heavy (non-hydrogen) atoms. The average Bonchev–Trinajstić information content (AvgIpc) is 2.71. The Morgan fingerprint density at radius 2 is 1.79 bits per heavy atom. The molecule has 3 rings (SSSR count). The molecule has 2 N–H and O–H groups in total. The van der Waals surface area contributed by atoms with E-state index in [0.29, 0.717) is 10.9 Å². The predicted octanol–water partition coefficient (Wildman–Crippen LogP) is 1.55. The quantitative estimate of drug-likeness (QED) is 0.643. The second-order valence-electron chi connectivity index (χ2n) is 6.37. The molecule has 0 fully saturated rings. The summed E-state index contributed by atoms with van der Waals surface area (Å²) >= 11 is 0. The Morgan fingerprint density at radius 3 is 2.46 bits per heavy atom. The number of hydrogen-bond acceptors (Lipinski definition) is 5. The van der Waals surface area contributed by atoms with E-state index in [9.17, 15) is 19.5 Å². The van der Waals surface area contributed by atoms with Crippen LogP contribution in [-0.2, 0) is 16.0 Å². The van der Waals surface area contributed by atoms with Crippen molar-refractivity contribution in [1.29, 1.82) is 0 Å². The SMILES string of the molecule is CCC(NC(=O)C(Cc1ccccc1)n1nnc2ccccc2c1=O)C(=O)O. The lowest BCUT2D eigenvalue weighted by atomic mass is 10.0. The Balaban J connectivity index is 2.03. The van der Waals surface area contributed by atoms with Crippen molar-refractivity contribution < 1.29 is 14.7 Å². The van der Waals surface area contributed by atoms with Crippen LogP contribution >= 0.6 is 0 Å². The molecule has 1 heterocycles. The number of carbonyl (C=O) groups is 2. The molecule has 0 spiro atoms. The Kier molecular flexibility index (Phi) is 5.78. The summed E-state index contributed by atoms with van der Waals surface area (Å²) in [5.41, 5.74) is 0.789. The number of carbonyl (C=O) groups excluding carboxylic acids is 1. The van der Waals surface area contributed by atoms with Gasteiger partial charge in [0.15, 0.2) is 0 Å². The summed E-state index contributed by atoms with van der Waals surface area (Å²) in [5, 5.41) is 20.1. The van der Waals surface area contributed by atoms with Gasteiger partial charge in [-0.25, -0.2) is 4.79 Å². The molecule has 0 saturated carbocycles. The second-order valence-corrected chi connectivity index (χ2v) is 6.37.